The summed E-state index contributed by atoms with van der Waals surface area (Å²) in [5.41, 5.74) is 1.59. The van der Waals surface area contributed by atoms with Crippen molar-refractivity contribution >= 4 is 0 Å². The van der Waals surface area contributed by atoms with Gasteiger partial charge in [-0.3, -0.25) is 0 Å². The normalized spacial score (nSPS) is 32.8. The Morgan fingerprint density at radius 2 is 2.10 bits per heavy atom. The van der Waals surface area contributed by atoms with Crippen molar-refractivity contribution in [3.05, 3.63) is 11.8 Å². The Balaban J connectivity index is 2.68. The Hall–Kier alpha value is -0.460. The lowest BCUT2D eigenvalue weighted by atomic mass is 9.97. The number of rotatable bonds is 1. The quantitative estimate of drug-likeness (QED) is 0.538. The number of hydrogen-bond donors (Lipinski definition) is 0. The molecule has 10 heavy (non-hydrogen) atoms. The second-order valence-corrected chi connectivity index (χ2v) is 3.25. The van der Waals surface area contributed by atoms with Crippen molar-refractivity contribution < 1.29 is 0 Å². The monoisotopic (exact) mass is 139 g/mol. The molecule has 58 valence electrons. The molecular weight excluding hydrogens is 122 g/mol. The van der Waals surface area contributed by atoms with Crippen LogP contribution in [-0.2, 0) is 0 Å². The van der Waals surface area contributed by atoms with E-state index in [0.29, 0.717) is 6.04 Å². The zero-order valence-corrected chi connectivity index (χ0v) is 7.39. The molecule has 0 fully saturated rings. The molecule has 1 aliphatic heterocycles. The summed E-state index contributed by atoms with van der Waals surface area (Å²) in [6.07, 6.45) is 3.49. The van der Waals surface area contributed by atoms with E-state index in [1.807, 2.05) is 0 Å². The van der Waals surface area contributed by atoms with Crippen LogP contribution in [0.1, 0.15) is 27.2 Å². The van der Waals surface area contributed by atoms with E-state index in [4.69, 9.17) is 0 Å². The molecule has 1 rings (SSSR count). The van der Waals surface area contributed by atoms with Crippen LogP contribution in [0, 0.1) is 5.92 Å². The van der Waals surface area contributed by atoms with Crippen molar-refractivity contribution in [1.29, 1.82) is 0 Å². The zero-order valence-electron chi connectivity index (χ0n) is 7.39. The largest absolute Gasteiger partial charge is 0.377 e. The van der Waals surface area contributed by atoms with E-state index >= 15 is 0 Å². The second kappa shape index (κ2) is 2.65. The van der Waals surface area contributed by atoms with Gasteiger partial charge in [0.1, 0.15) is 0 Å². The maximum absolute atomic E-state index is 2.31. The molecule has 1 heterocycles. The Morgan fingerprint density at radius 3 is 2.30 bits per heavy atom. The van der Waals surface area contributed by atoms with Crippen molar-refractivity contribution in [1.82, 2.24) is 4.90 Å². The first-order valence-electron chi connectivity index (χ1n) is 4.09. The molecular formula is C9H17N. The molecule has 0 radical (unpaired) electrons. The average Bonchev–Trinajstić information content (AvgIpc) is 2.17. The first kappa shape index (κ1) is 7.64. The standard InChI is InChI=1S/C9H17N/c1-5-9-6-10(4)8(3)7(9)2/h6-8H,5H2,1-4H3. The van der Waals surface area contributed by atoms with Gasteiger partial charge in [-0.2, -0.15) is 0 Å². The molecule has 1 aliphatic rings. The summed E-state index contributed by atoms with van der Waals surface area (Å²) in [6.45, 7) is 6.82. The fraction of sp³-hybridized carbons (Fsp3) is 0.778. The van der Waals surface area contributed by atoms with Gasteiger partial charge in [0.2, 0.25) is 0 Å². The predicted octanol–water partition coefficient (Wildman–Crippen LogP) is 2.25. The maximum Gasteiger partial charge on any atom is 0.0316 e. The molecule has 2 atom stereocenters. The van der Waals surface area contributed by atoms with E-state index in [-0.39, 0.29) is 0 Å². The Kier molecular flexibility index (Phi) is 2.02. The molecule has 0 aromatic heterocycles. The van der Waals surface area contributed by atoms with Crippen molar-refractivity contribution in [3.63, 3.8) is 0 Å². The molecule has 2 unspecified atom stereocenters. The van der Waals surface area contributed by atoms with E-state index in [0.717, 1.165) is 5.92 Å². The van der Waals surface area contributed by atoms with Gasteiger partial charge in [-0.1, -0.05) is 13.8 Å². The van der Waals surface area contributed by atoms with Crippen LogP contribution in [0.4, 0.5) is 0 Å². The topological polar surface area (TPSA) is 3.24 Å². The molecule has 0 N–H and O–H groups in total. The highest BCUT2D eigenvalue weighted by Crippen LogP contribution is 2.27. The van der Waals surface area contributed by atoms with Crippen LogP contribution >= 0.6 is 0 Å². The zero-order chi connectivity index (χ0) is 7.72. The van der Waals surface area contributed by atoms with Crippen LogP contribution in [0.25, 0.3) is 0 Å². The first-order valence-corrected chi connectivity index (χ1v) is 4.09. The van der Waals surface area contributed by atoms with E-state index in [9.17, 15) is 0 Å². The van der Waals surface area contributed by atoms with E-state index in [2.05, 4.69) is 38.9 Å². The molecule has 0 spiro atoms. The smallest absolute Gasteiger partial charge is 0.0316 e. The predicted molar refractivity (Wildman–Crippen MR) is 44.8 cm³/mol. The Morgan fingerprint density at radius 1 is 1.50 bits per heavy atom. The third-order valence-corrected chi connectivity index (χ3v) is 2.73. The fourth-order valence-corrected chi connectivity index (χ4v) is 1.57. The number of nitrogens with zero attached hydrogens (tertiary/aromatic N) is 1. The van der Waals surface area contributed by atoms with Gasteiger partial charge in [-0.05, 0) is 31.0 Å². The lowest BCUT2D eigenvalue weighted by molar-refractivity contribution is 0.329. The van der Waals surface area contributed by atoms with Crippen molar-refractivity contribution in [2.24, 2.45) is 5.92 Å². The molecule has 0 aromatic carbocycles. The summed E-state index contributed by atoms with van der Waals surface area (Å²) < 4.78 is 0. The van der Waals surface area contributed by atoms with Crippen molar-refractivity contribution in [3.8, 4) is 0 Å². The highest BCUT2D eigenvalue weighted by atomic mass is 15.1. The third kappa shape index (κ3) is 1.05. The second-order valence-electron chi connectivity index (χ2n) is 3.25. The summed E-state index contributed by atoms with van der Waals surface area (Å²) in [5.74, 6) is 0.759. The average molecular weight is 139 g/mol. The molecule has 1 heteroatoms. The van der Waals surface area contributed by atoms with Gasteiger partial charge in [-0.25, -0.2) is 0 Å². The van der Waals surface area contributed by atoms with Gasteiger partial charge in [0, 0.05) is 13.1 Å². The summed E-state index contributed by atoms with van der Waals surface area (Å²) in [7, 11) is 2.16. The van der Waals surface area contributed by atoms with E-state index in [1.54, 1.807) is 5.57 Å². The van der Waals surface area contributed by atoms with Gasteiger partial charge >= 0.3 is 0 Å². The van der Waals surface area contributed by atoms with Gasteiger partial charge in [0.25, 0.3) is 0 Å². The fourth-order valence-electron chi connectivity index (χ4n) is 1.57. The Labute approximate surface area is 63.7 Å². The van der Waals surface area contributed by atoms with Crippen LogP contribution in [0.3, 0.4) is 0 Å². The summed E-state index contributed by atoms with van der Waals surface area (Å²) in [6, 6.07) is 0.704. The Bertz CT molecular complexity index is 149. The molecule has 0 aromatic rings. The van der Waals surface area contributed by atoms with Crippen LogP contribution in [-0.4, -0.2) is 18.0 Å². The maximum atomic E-state index is 2.31. The molecule has 0 saturated carbocycles. The van der Waals surface area contributed by atoms with Crippen molar-refractivity contribution in [2.45, 2.75) is 33.2 Å². The van der Waals surface area contributed by atoms with Gasteiger partial charge in [-0.15, -0.1) is 0 Å². The summed E-state index contributed by atoms with van der Waals surface area (Å²) >= 11 is 0. The molecule has 0 aliphatic carbocycles. The molecule has 0 amide bonds. The first-order chi connectivity index (χ1) is 4.66. The minimum Gasteiger partial charge on any atom is -0.377 e. The van der Waals surface area contributed by atoms with Crippen molar-refractivity contribution in [2.75, 3.05) is 7.05 Å². The van der Waals surface area contributed by atoms with Gasteiger partial charge in [0.05, 0.1) is 0 Å². The SMILES string of the molecule is CCC1=CN(C)C(C)C1C. The lowest BCUT2D eigenvalue weighted by Crippen LogP contribution is -2.23. The molecule has 1 nitrogen and oxygen atoms in total. The van der Waals surface area contributed by atoms with Crippen LogP contribution in [0.5, 0.6) is 0 Å². The van der Waals surface area contributed by atoms with E-state index in [1.165, 1.54) is 6.42 Å². The van der Waals surface area contributed by atoms with Crippen LogP contribution in [0.15, 0.2) is 11.8 Å². The molecule has 0 bridgehead atoms. The minimum absolute atomic E-state index is 0.704. The minimum atomic E-state index is 0.704. The molecule has 0 saturated heterocycles. The highest BCUT2D eigenvalue weighted by molar-refractivity contribution is 5.13. The number of hydrogen-bond acceptors (Lipinski definition) is 1. The van der Waals surface area contributed by atoms with Crippen LogP contribution in [0.2, 0.25) is 0 Å². The van der Waals surface area contributed by atoms with Crippen LogP contribution < -0.4 is 0 Å². The highest BCUT2D eigenvalue weighted by Gasteiger charge is 2.24. The van der Waals surface area contributed by atoms with Gasteiger partial charge < -0.3 is 4.90 Å². The third-order valence-electron chi connectivity index (χ3n) is 2.73. The summed E-state index contributed by atoms with van der Waals surface area (Å²) in [5, 5.41) is 0. The van der Waals surface area contributed by atoms with E-state index < -0.39 is 0 Å². The lowest BCUT2D eigenvalue weighted by Gasteiger charge is -2.19. The van der Waals surface area contributed by atoms with Gasteiger partial charge in [0.15, 0.2) is 0 Å². The summed E-state index contributed by atoms with van der Waals surface area (Å²) in [4.78, 5) is 2.31.